The molecule has 4 rings (SSSR count). The van der Waals surface area contributed by atoms with E-state index in [1.807, 2.05) is 18.2 Å². The summed E-state index contributed by atoms with van der Waals surface area (Å²) in [5.41, 5.74) is 2.25. The predicted octanol–water partition coefficient (Wildman–Crippen LogP) is 6.02. The van der Waals surface area contributed by atoms with Crippen molar-refractivity contribution in [3.8, 4) is 0 Å². The van der Waals surface area contributed by atoms with Crippen molar-refractivity contribution in [1.82, 2.24) is 0 Å². The van der Waals surface area contributed by atoms with Crippen LogP contribution in [0.5, 0.6) is 0 Å². The molecule has 0 saturated heterocycles. The summed E-state index contributed by atoms with van der Waals surface area (Å²) < 4.78 is 0. The zero-order valence-corrected chi connectivity index (χ0v) is 17.3. The van der Waals surface area contributed by atoms with Gasteiger partial charge in [-0.25, -0.2) is 0 Å². The smallest absolute Gasteiger partial charge is 0.194 e. The van der Waals surface area contributed by atoms with E-state index in [0.717, 1.165) is 0 Å². The van der Waals surface area contributed by atoms with E-state index in [1.165, 1.54) is 6.08 Å². The van der Waals surface area contributed by atoms with Gasteiger partial charge in [-0.15, -0.1) is 0 Å². The second-order valence-corrected chi connectivity index (χ2v) is 7.24. The molecule has 4 aromatic rings. The van der Waals surface area contributed by atoms with Gasteiger partial charge >= 0.3 is 0 Å². The van der Waals surface area contributed by atoms with Crippen LogP contribution in [0.25, 0.3) is 6.08 Å². The van der Waals surface area contributed by atoms with E-state index in [9.17, 15) is 14.4 Å². The highest BCUT2D eigenvalue weighted by molar-refractivity contribution is 6.26. The van der Waals surface area contributed by atoms with Crippen molar-refractivity contribution in [3.63, 3.8) is 0 Å². The third-order valence-electron chi connectivity index (χ3n) is 5.26. The van der Waals surface area contributed by atoms with Crippen molar-refractivity contribution in [3.05, 3.63) is 149 Å². The third kappa shape index (κ3) is 3.96. The minimum absolute atomic E-state index is 0.0938. The van der Waals surface area contributed by atoms with Gasteiger partial charge in [-0.2, -0.15) is 0 Å². The molecule has 0 radical (unpaired) electrons. The lowest BCUT2D eigenvalue weighted by molar-refractivity contribution is 0.0990. The van der Waals surface area contributed by atoms with Crippen LogP contribution in [0.3, 0.4) is 0 Å². The highest BCUT2D eigenvalue weighted by Gasteiger charge is 2.28. The Hall–Kier alpha value is -4.37. The quantitative estimate of drug-likeness (QED) is 0.346. The van der Waals surface area contributed by atoms with Crippen molar-refractivity contribution in [1.29, 1.82) is 0 Å². The van der Waals surface area contributed by atoms with Crippen molar-refractivity contribution in [2.24, 2.45) is 0 Å². The maximum atomic E-state index is 13.7. The van der Waals surface area contributed by atoms with E-state index >= 15 is 0 Å². The lowest BCUT2D eigenvalue weighted by Crippen LogP contribution is -2.18. The first-order valence-electron chi connectivity index (χ1n) is 10.2. The highest BCUT2D eigenvalue weighted by Crippen LogP contribution is 2.28. The van der Waals surface area contributed by atoms with Gasteiger partial charge in [0.25, 0.3) is 0 Å². The van der Waals surface area contributed by atoms with Crippen LogP contribution in [0.4, 0.5) is 0 Å². The molecule has 0 N–H and O–H groups in total. The topological polar surface area (TPSA) is 51.2 Å². The molecule has 0 fully saturated rings. The summed E-state index contributed by atoms with van der Waals surface area (Å²) in [5, 5.41) is 0. The molecule has 0 atom stereocenters. The minimum atomic E-state index is -0.382. The molecule has 3 heteroatoms. The van der Waals surface area contributed by atoms with Gasteiger partial charge in [-0.05, 0) is 11.6 Å². The highest BCUT2D eigenvalue weighted by atomic mass is 16.1. The number of carbonyl (C=O) groups excluding carboxylic acids is 3. The molecule has 32 heavy (non-hydrogen) atoms. The summed E-state index contributed by atoms with van der Waals surface area (Å²) in [6.07, 6.45) is 1.54. The van der Waals surface area contributed by atoms with E-state index in [1.54, 1.807) is 84.9 Å². The summed E-state index contributed by atoms with van der Waals surface area (Å²) in [5.74, 6) is -1.03. The molecule has 0 bridgehead atoms. The fourth-order valence-corrected chi connectivity index (χ4v) is 3.67. The Labute approximate surface area is 186 Å². The summed E-state index contributed by atoms with van der Waals surface area (Å²) in [6, 6.07) is 29.4. The molecule has 0 aromatic heterocycles. The van der Waals surface area contributed by atoms with Crippen molar-refractivity contribution < 1.29 is 14.4 Å². The average molecular weight is 416 g/mol. The summed E-state index contributed by atoms with van der Waals surface area (Å²) in [4.78, 5) is 40.7. The first-order valence-corrected chi connectivity index (χ1v) is 10.2. The van der Waals surface area contributed by atoms with Crippen molar-refractivity contribution in [2.45, 2.75) is 0 Å². The predicted molar refractivity (Wildman–Crippen MR) is 126 cm³/mol. The molecule has 4 aromatic carbocycles. The van der Waals surface area contributed by atoms with Crippen LogP contribution in [0, 0.1) is 0 Å². The lowest BCUT2D eigenvalue weighted by Gasteiger charge is -2.16. The SMILES string of the molecule is C=Cc1ccc(C(=O)c2ccccc2)c(C(=O)c2ccccc2)c1C(=O)c1ccccc1. The number of benzene rings is 4. The summed E-state index contributed by atoms with van der Waals surface area (Å²) in [6.45, 7) is 3.83. The van der Waals surface area contributed by atoms with Crippen LogP contribution >= 0.6 is 0 Å². The molecule has 0 saturated carbocycles. The fraction of sp³-hybridized carbons (Fsp3) is 0. The van der Waals surface area contributed by atoms with Crippen molar-refractivity contribution in [2.75, 3.05) is 0 Å². The van der Waals surface area contributed by atoms with Gasteiger partial charge in [-0.1, -0.05) is 110 Å². The van der Waals surface area contributed by atoms with Crippen LogP contribution < -0.4 is 0 Å². The minimum Gasteiger partial charge on any atom is -0.289 e. The van der Waals surface area contributed by atoms with Gasteiger partial charge in [0, 0.05) is 33.4 Å². The molecule has 0 aliphatic rings. The van der Waals surface area contributed by atoms with E-state index in [4.69, 9.17) is 0 Å². The van der Waals surface area contributed by atoms with E-state index in [2.05, 4.69) is 6.58 Å². The van der Waals surface area contributed by atoms with Gasteiger partial charge in [0.2, 0.25) is 0 Å². The Balaban J connectivity index is 2.01. The van der Waals surface area contributed by atoms with Gasteiger partial charge in [-0.3, -0.25) is 14.4 Å². The van der Waals surface area contributed by atoms with Crippen LogP contribution in [-0.4, -0.2) is 17.3 Å². The normalized spacial score (nSPS) is 10.4. The molecule has 0 aliphatic carbocycles. The average Bonchev–Trinajstić information content (AvgIpc) is 2.88. The van der Waals surface area contributed by atoms with Crippen LogP contribution in [0.1, 0.15) is 53.3 Å². The second-order valence-electron chi connectivity index (χ2n) is 7.24. The molecule has 3 nitrogen and oxygen atoms in total. The standard InChI is InChI=1S/C29H20O3/c1-2-20-18-19-24(27(30)21-12-6-3-7-13-21)26(29(32)23-16-10-5-11-17-23)25(20)28(31)22-14-8-4-9-15-22/h2-19H,1H2. The molecule has 0 amide bonds. The van der Waals surface area contributed by atoms with E-state index in [0.29, 0.717) is 22.3 Å². The number of ketones is 3. The van der Waals surface area contributed by atoms with Crippen LogP contribution in [0.2, 0.25) is 0 Å². The molecule has 0 heterocycles. The first kappa shape index (κ1) is 20.9. The Morgan fingerprint density at radius 3 is 1.34 bits per heavy atom. The zero-order valence-electron chi connectivity index (χ0n) is 17.3. The Bertz CT molecular complexity index is 1300. The van der Waals surface area contributed by atoms with Crippen molar-refractivity contribution >= 4 is 23.4 Å². The fourth-order valence-electron chi connectivity index (χ4n) is 3.67. The van der Waals surface area contributed by atoms with E-state index in [-0.39, 0.29) is 34.0 Å². The number of rotatable bonds is 7. The van der Waals surface area contributed by atoms with Gasteiger partial charge < -0.3 is 0 Å². The molecular formula is C29H20O3. The maximum absolute atomic E-state index is 13.7. The number of hydrogen-bond acceptors (Lipinski definition) is 3. The molecular weight excluding hydrogens is 396 g/mol. The Morgan fingerprint density at radius 1 is 0.500 bits per heavy atom. The summed E-state index contributed by atoms with van der Waals surface area (Å²) >= 11 is 0. The molecule has 154 valence electrons. The monoisotopic (exact) mass is 416 g/mol. The maximum Gasteiger partial charge on any atom is 0.194 e. The Kier molecular flexibility index (Phi) is 6.00. The first-order chi connectivity index (χ1) is 15.6. The number of carbonyl (C=O) groups is 3. The molecule has 0 spiro atoms. The number of hydrogen-bond donors (Lipinski definition) is 0. The van der Waals surface area contributed by atoms with E-state index < -0.39 is 0 Å². The Morgan fingerprint density at radius 2 is 0.906 bits per heavy atom. The van der Waals surface area contributed by atoms with Crippen LogP contribution in [0.15, 0.2) is 110 Å². The largest absolute Gasteiger partial charge is 0.289 e. The van der Waals surface area contributed by atoms with Gasteiger partial charge in [0.1, 0.15) is 0 Å². The molecule has 0 aliphatic heterocycles. The van der Waals surface area contributed by atoms with Gasteiger partial charge in [0.05, 0.1) is 0 Å². The lowest BCUT2D eigenvalue weighted by atomic mass is 9.84. The van der Waals surface area contributed by atoms with Gasteiger partial charge in [0.15, 0.2) is 17.3 Å². The third-order valence-corrected chi connectivity index (χ3v) is 5.26. The second kappa shape index (κ2) is 9.19. The summed E-state index contributed by atoms with van der Waals surface area (Å²) in [7, 11) is 0. The van der Waals surface area contributed by atoms with Crippen LogP contribution in [-0.2, 0) is 0 Å². The molecule has 0 unspecified atom stereocenters. The zero-order chi connectivity index (χ0) is 22.5.